The van der Waals surface area contributed by atoms with Crippen LogP contribution in [-0.4, -0.2) is 38.5 Å². The molecule has 3 rings (SSSR count). The molecule has 0 radical (unpaired) electrons. The Bertz CT molecular complexity index is 686. The van der Waals surface area contributed by atoms with Gasteiger partial charge >= 0.3 is 0 Å². The fourth-order valence-corrected chi connectivity index (χ4v) is 3.73. The number of methoxy groups -OCH3 is 1. The first-order valence-electron chi connectivity index (χ1n) is 9.47. The van der Waals surface area contributed by atoms with Crippen molar-refractivity contribution in [3.63, 3.8) is 0 Å². The molecule has 4 nitrogen and oxygen atoms in total. The summed E-state index contributed by atoms with van der Waals surface area (Å²) in [5.74, 6) is 0.868. The summed E-state index contributed by atoms with van der Waals surface area (Å²) in [6.45, 7) is 1.92. The van der Waals surface area contributed by atoms with Crippen LogP contribution in [0.25, 0.3) is 0 Å². The van der Waals surface area contributed by atoms with Crippen LogP contribution in [0.2, 0.25) is 0 Å². The molecule has 0 aliphatic heterocycles. The fraction of sp³-hybridized carbons (Fsp3) is 0.455. The van der Waals surface area contributed by atoms with Gasteiger partial charge in [0, 0.05) is 5.56 Å². The number of ether oxygens (including phenoxy) is 2. The van der Waals surface area contributed by atoms with Gasteiger partial charge in [-0.1, -0.05) is 24.3 Å². The highest BCUT2D eigenvalue weighted by Gasteiger charge is 2.22. The molecule has 3 atom stereocenters. The highest BCUT2D eigenvalue weighted by atomic mass is 16.5. The van der Waals surface area contributed by atoms with Crippen LogP contribution in [0, 0.1) is 0 Å². The van der Waals surface area contributed by atoms with Crippen molar-refractivity contribution in [1.29, 1.82) is 0 Å². The minimum atomic E-state index is -0.456. The number of hydrogen-bond acceptors (Lipinski definition) is 3. The van der Waals surface area contributed by atoms with Gasteiger partial charge in [-0.25, -0.2) is 0 Å². The summed E-state index contributed by atoms with van der Waals surface area (Å²) in [6.07, 6.45) is 2.99. The molecular formula is C22H30NO3+. The third kappa shape index (κ3) is 5.07. The molecule has 0 heterocycles. The lowest BCUT2D eigenvalue weighted by Gasteiger charge is -2.27. The Morgan fingerprint density at radius 3 is 2.69 bits per heavy atom. The number of fused-ring (bicyclic) bond motifs is 1. The summed E-state index contributed by atoms with van der Waals surface area (Å²) in [4.78, 5) is 1.26. The fourth-order valence-electron chi connectivity index (χ4n) is 3.73. The Balaban J connectivity index is 1.46. The number of quaternary nitrogens is 1. The number of benzene rings is 2. The van der Waals surface area contributed by atoms with Crippen LogP contribution in [-0.2, 0) is 17.7 Å². The van der Waals surface area contributed by atoms with E-state index in [1.54, 1.807) is 7.11 Å². The zero-order valence-corrected chi connectivity index (χ0v) is 15.8. The van der Waals surface area contributed by atoms with Crippen molar-refractivity contribution in [2.45, 2.75) is 38.0 Å². The molecule has 2 aromatic rings. The SMILES string of the molecule is COc1ccc(C[NH+](C)C[C@@H](O)CO[C@@H]2CCCc3ccccc32)cc1. The van der Waals surface area contributed by atoms with E-state index in [2.05, 4.69) is 43.4 Å². The highest BCUT2D eigenvalue weighted by Crippen LogP contribution is 2.32. The van der Waals surface area contributed by atoms with E-state index in [0.717, 1.165) is 31.6 Å². The first kappa shape index (κ1) is 18.9. The molecule has 0 aromatic heterocycles. The van der Waals surface area contributed by atoms with E-state index in [9.17, 15) is 5.11 Å². The van der Waals surface area contributed by atoms with Crippen LogP contribution < -0.4 is 9.64 Å². The van der Waals surface area contributed by atoms with Gasteiger partial charge in [-0.05, 0) is 54.7 Å². The van der Waals surface area contributed by atoms with Crippen LogP contribution >= 0.6 is 0 Å². The molecule has 2 aromatic carbocycles. The lowest BCUT2D eigenvalue weighted by molar-refractivity contribution is -0.897. The quantitative estimate of drug-likeness (QED) is 0.762. The van der Waals surface area contributed by atoms with Crippen molar-refractivity contribution >= 4 is 0 Å². The average molecular weight is 356 g/mol. The predicted molar refractivity (Wildman–Crippen MR) is 103 cm³/mol. The first-order valence-corrected chi connectivity index (χ1v) is 9.47. The maximum Gasteiger partial charge on any atom is 0.126 e. The van der Waals surface area contributed by atoms with Crippen molar-refractivity contribution in [3.8, 4) is 5.75 Å². The molecule has 1 unspecified atom stereocenters. The second-order valence-corrected chi connectivity index (χ2v) is 7.25. The largest absolute Gasteiger partial charge is 0.497 e. The van der Waals surface area contributed by atoms with E-state index in [4.69, 9.17) is 9.47 Å². The van der Waals surface area contributed by atoms with Gasteiger partial charge in [-0.15, -0.1) is 0 Å². The third-order valence-corrected chi connectivity index (χ3v) is 5.05. The van der Waals surface area contributed by atoms with Crippen molar-refractivity contribution in [2.24, 2.45) is 0 Å². The Labute approximate surface area is 156 Å². The topological polar surface area (TPSA) is 43.1 Å². The second kappa shape index (κ2) is 9.17. The second-order valence-electron chi connectivity index (χ2n) is 7.25. The summed E-state index contributed by atoms with van der Waals surface area (Å²) < 4.78 is 11.3. The van der Waals surface area contributed by atoms with Crippen LogP contribution in [0.4, 0.5) is 0 Å². The molecular weight excluding hydrogens is 326 g/mol. The van der Waals surface area contributed by atoms with Gasteiger partial charge in [0.1, 0.15) is 24.9 Å². The molecule has 2 N–H and O–H groups in total. The monoisotopic (exact) mass is 356 g/mol. The predicted octanol–water partition coefficient (Wildman–Crippen LogP) is 2.17. The molecule has 26 heavy (non-hydrogen) atoms. The molecule has 140 valence electrons. The maximum atomic E-state index is 10.4. The molecule has 0 saturated carbocycles. The van der Waals surface area contributed by atoms with Gasteiger partial charge in [0.2, 0.25) is 0 Å². The number of aliphatic hydroxyl groups excluding tert-OH is 1. The Morgan fingerprint density at radius 2 is 1.92 bits per heavy atom. The zero-order valence-electron chi connectivity index (χ0n) is 15.8. The molecule has 0 bridgehead atoms. The highest BCUT2D eigenvalue weighted by molar-refractivity contribution is 5.31. The Hall–Kier alpha value is -1.88. The molecule has 0 saturated heterocycles. The minimum absolute atomic E-state index is 0.122. The Morgan fingerprint density at radius 1 is 1.15 bits per heavy atom. The molecule has 0 fully saturated rings. The minimum Gasteiger partial charge on any atom is -0.497 e. The summed E-state index contributed by atoms with van der Waals surface area (Å²) in [5.41, 5.74) is 3.92. The molecule has 0 amide bonds. The van der Waals surface area contributed by atoms with Crippen LogP contribution in [0.5, 0.6) is 5.75 Å². The van der Waals surface area contributed by atoms with Gasteiger partial charge in [0.15, 0.2) is 0 Å². The van der Waals surface area contributed by atoms with Gasteiger partial charge in [-0.2, -0.15) is 0 Å². The molecule has 1 aliphatic rings. The van der Waals surface area contributed by atoms with Crippen molar-refractivity contribution in [1.82, 2.24) is 0 Å². The molecule has 1 aliphatic carbocycles. The van der Waals surface area contributed by atoms with Gasteiger partial charge in [0.25, 0.3) is 0 Å². The lowest BCUT2D eigenvalue weighted by Crippen LogP contribution is -3.08. The van der Waals surface area contributed by atoms with E-state index in [0.29, 0.717) is 13.2 Å². The standard InChI is InChI=1S/C22H29NO3/c1-23(14-17-10-12-20(25-2)13-11-17)15-19(24)16-26-22-9-5-7-18-6-3-4-8-21(18)22/h3-4,6,8,10-13,19,22,24H,5,7,9,14-16H2,1-2H3/p+1/t19-,22-/m1/s1. The van der Waals surface area contributed by atoms with Crippen LogP contribution in [0.1, 0.15) is 35.6 Å². The maximum absolute atomic E-state index is 10.4. The zero-order chi connectivity index (χ0) is 18.4. The summed E-state index contributed by atoms with van der Waals surface area (Å²) >= 11 is 0. The lowest BCUT2D eigenvalue weighted by atomic mass is 9.89. The van der Waals surface area contributed by atoms with E-state index < -0.39 is 6.10 Å². The first-order chi connectivity index (χ1) is 12.7. The van der Waals surface area contributed by atoms with Crippen molar-refractivity contribution < 1.29 is 19.5 Å². The average Bonchev–Trinajstić information content (AvgIpc) is 2.67. The number of rotatable bonds is 8. The van der Waals surface area contributed by atoms with Gasteiger partial charge in [0.05, 0.1) is 26.9 Å². The van der Waals surface area contributed by atoms with Crippen LogP contribution in [0.3, 0.4) is 0 Å². The van der Waals surface area contributed by atoms with Crippen molar-refractivity contribution in [3.05, 3.63) is 65.2 Å². The molecule has 0 spiro atoms. The molecule has 4 heteroatoms. The third-order valence-electron chi connectivity index (χ3n) is 5.05. The number of hydrogen-bond donors (Lipinski definition) is 2. The van der Waals surface area contributed by atoms with Crippen LogP contribution in [0.15, 0.2) is 48.5 Å². The summed E-state index contributed by atoms with van der Waals surface area (Å²) in [5, 5.41) is 10.4. The van der Waals surface area contributed by atoms with E-state index in [1.807, 2.05) is 12.1 Å². The number of aryl methyl sites for hydroxylation is 1. The number of nitrogens with one attached hydrogen (secondary N) is 1. The van der Waals surface area contributed by atoms with E-state index >= 15 is 0 Å². The normalized spacial score (nSPS) is 18.8. The van der Waals surface area contributed by atoms with Gasteiger partial charge < -0.3 is 19.5 Å². The van der Waals surface area contributed by atoms with E-state index in [-0.39, 0.29) is 6.10 Å². The summed E-state index contributed by atoms with van der Waals surface area (Å²) in [7, 11) is 3.77. The van der Waals surface area contributed by atoms with Gasteiger partial charge in [-0.3, -0.25) is 0 Å². The Kier molecular flexibility index (Phi) is 6.67. The summed E-state index contributed by atoms with van der Waals surface area (Å²) in [6, 6.07) is 16.6. The number of aliphatic hydroxyl groups is 1. The van der Waals surface area contributed by atoms with E-state index in [1.165, 1.54) is 21.6 Å². The smallest absolute Gasteiger partial charge is 0.126 e. The van der Waals surface area contributed by atoms with Crippen molar-refractivity contribution in [2.75, 3.05) is 27.3 Å². The number of likely N-dealkylation sites (N-methyl/N-ethyl adjacent to an activating group) is 1.